The number of anilines is 2. The molecule has 10 nitrogen and oxygen atoms in total. The molecule has 0 unspecified atom stereocenters. The van der Waals surface area contributed by atoms with Gasteiger partial charge in [0, 0.05) is 42.5 Å². The number of halogens is 3. The summed E-state index contributed by atoms with van der Waals surface area (Å²) < 4.78 is 47.8. The van der Waals surface area contributed by atoms with Crippen molar-refractivity contribution in [3.8, 4) is 22.8 Å². The normalized spacial score (nSPS) is 11.1. The molecule has 0 aliphatic rings. The number of carbonyl (C=O) groups is 1. The number of amides is 1. The van der Waals surface area contributed by atoms with Gasteiger partial charge in [0.1, 0.15) is 17.3 Å². The molecule has 1 aromatic heterocycles. The third-order valence-corrected chi connectivity index (χ3v) is 5.40. The molecule has 0 bridgehead atoms. The van der Waals surface area contributed by atoms with Gasteiger partial charge in [-0.1, -0.05) is 24.3 Å². The van der Waals surface area contributed by atoms with Gasteiger partial charge in [-0.05, 0) is 48.9 Å². The van der Waals surface area contributed by atoms with E-state index in [1.165, 1.54) is 36.4 Å². The summed E-state index contributed by atoms with van der Waals surface area (Å²) in [5.41, 5.74) is 2.57. The van der Waals surface area contributed by atoms with Gasteiger partial charge in [-0.2, -0.15) is 5.10 Å². The number of nitro groups is 1. The highest BCUT2D eigenvalue weighted by Gasteiger charge is 2.30. The number of alkyl halides is 3. The minimum Gasteiger partial charge on any atom is -0.410 e. The van der Waals surface area contributed by atoms with Gasteiger partial charge in [-0.3, -0.25) is 15.4 Å². The van der Waals surface area contributed by atoms with E-state index >= 15 is 0 Å². The Morgan fingerprint density at radius 1 is 1.00 bits per heavy atom. The lowest BCUT2D eigenvalue weighted by Gasteiger charge is -2.10. The molecule has 13 heteroatoms. The average molecular weight is 541 g/mol. The lowest BCUT2D eigenvalue weighted by molar-refractivity contribution is -0.384. The SMILES string of the molecule is CCn1nc(-c2ccc(NC(=O)Oc3ccc([N+](=O)[O-])cc3)cc2)cc1NCc1ccc(OC(F)(F)F)cc1. The zero-order valence-corrected chi connectivity index (χ0v) is 20.4. The lowest BCUT2D eigenvalue weighted by atomic mass is 10.1. The van der Waals surface area contributed by atoms with Crippen molar-refractivity contribution in [3.63, 3.8) is 0 Å². The number of rotatable bonds is 9. The van der Waals surface area contributed by atoms with E-state index in [0.717, 1.165) is 16.9 Å². The summed E-state index contributed by atoms with van der Waals surface area (Å²) in [4.78, 5) is 22.3. The number of nitrogens with zero attached hydrogens (tertiary/aromatic N) is 3. The van der Waals surface area contributed by atoms with E-state index in [9.17, 15) is 28.1 Å². The first-order chi connectivity index (χ1) is 18.6. The first-order valence-electron chi connectivity index (χ1n) is 11.6. The molecule has 4 rings (SSSR count). The molecule has 4 aromatic rings. The summed E-state index contributed by atoms with van der Waals surface area (Å²) in [7, 11) is 0. The number of hydrogen-bond acceptors (Lipinski definition) is 7. The van der Waals surface area contributed by atoms with Gasteiger partial charge in [-0.15, -0.1) is 13.2 Å². The summed E-state index contributed by atoms with van der Waals surface area (Å²) in [5.74, 6) is 0.590. The highest BCUT2D eigenvalue weighted by atomic mass is 19.4. The Morgan fingerprint density at radius 3 is 2.23 bits per heavy atom. The quantitative estimate of drug-likeness (QED) is 0.181. The topological polar surface area (TPSA) is 121 Å². The van der Waals surface area contributed by atoms with Gasteiger partial charge in [0.15, 0.2) is 0 Å². The molecule has 0 aliphatic carbocycles. The fraction of sp³-hybridized carbons (Fsp3) is 0.154. The van der Waals surface area contributed by atoms with Crippen molar-refractivity contribution in [1.82, 2.24) is 9.78 Å². The molecular formula is C26H22F3N5O5. The molecule has 0 spiro atoms. The Morgan fingerprint density at radius 2 is 1.64 bits per heavy atom. The van der Waals surface area contributed by atoms with Crippen LogP contribution in [0.5, 0.6) is 11.5 Å². The van der Waals surface area contributed by atoms with Crippen molar-refractivity contribution in [3.05, 3.63) is 94.5 Å². The number of hydrogen-bond donors (Lipinski definition) is 2. The number of aryl methyl sites for hydroxylation is 1. The zero-order chi connectivity index (χ0) is 28.0. The molecule has 0 atom stereocenters. The van der Waals surface area contributed by atoms with Crippen LogP contribution < -0.4 is 20.1 Å². The Kier molecular flexibility index (Phi) is 7.98. The maximum atomic E-state index is 12.3. The van der Waals surface area contributed by atoms with E-state index in [4.69, 9.17) is 4.74 Å². The van der Waals surface area contributed by atoms with Gasteiger partial charge in [0.25, 0.3) is 5.69 Å². The second kappa shape index (κ2) is 11.5. The first-order valence-corrected chi connectivity index (χ1v) is 11.6. The van der Waals surface area contributed by atoms with Crippen LogP contribution in [0.25, 0.3) is 11.3 Å². The minimum absolute atomic E-state index is 0.115. The molecule has 0 saturated carbocycles. The van der Waals surface area contributed by atoms with E-state index in [2.05, 4.69) is 20.5 Å². The Bertz CT molecular complexity index is 1440. The van der Waals surface area contributed by atoms with E-state index in [1.807, 2.05) is 13.0 Å². The number of benzene rings is 3. The molecular weight excluding hydrogens is 519 g/mol. The summed E-state index contributed by atoms with van der Waals surface area (Å²) >= 11 is 0. The summed E-state index contributed by atoms with van der Waals surface area (Å²) in [5, 5.41) is 21.1. The smallest absolute Gasteiger partial charge is 0.410 e. The van der Waals surface area contributed by atoms with Crippen LogP contribution in [0.2, 0.25) is 0 Å². The summed E-state index contributed by atoms with van der Waals surface area (Å²) in [6.45, 7) is 2.86. The zero-order valence-electron chi connectivity index (χ0n) is 20.4. The molecule has 202 valence electrons. The van der Waals surface area contributed by atoms with Gasteiger partial charge in [-0.25, -0.2) is 9.48 Å². The average Bonchev–Trinajstić information content (AvgIpc) is 3.31. The van der Waals surface area contributed by atoms with Crippen molar-refractivity contribution >= 4 is 23.3 Å². The standard InChI is InChI=1S/C26H22F3N5O5/c1-2-33-24(30-16-17-3-11-22(12-4-17)39-26(27,28)29)15-23(32-33)18-5-7-19(8-6-18)31-25(35)38-21-13-9-20(10-14-21)34(36)37/h3-15,30H,2,16H2,1H3,(H,31,35). The molecule has 1 heterocycles. The van der Waals surface area contributed by atoms with E-state index in [-0.39, 0.29) is 17.2 Å². The number of non-ortho nitro benzene ring substituents is 1. The minimum atomic E-state index is -4.74. The first kappa shape index (κ1) is 27.0. The predicted molar refractivity (Wildman–Crippen MR) is 137 cm³/mol. The number of aromatic nitrogens is 2. The fourth-order valence-electron chi connectivity index (χ4n) is 3.55. The molecule has 0 saturated heterocycles. The Hall–Kier alpha value is -5.07. The lowest BCUT2D eigenvalue weighted by Crippen LogP contribution is -2.17. The van der Waals surface area contributed by atoms with Gasteiger partial charge >= 0.3 is 12.5 Å². The van der Waals surface area contributed by atoms with Crippen LogP contribution in [0.4, 0.5) is 35.2 Å². The molecule has 0 fully saturated rings. The van der Waals surface area contributed by atoms with Crippen molar-refractivity contribution in [2.75, 3.05) is 10.6 Å². The van der Waals surface area contributed by atoms with Crippen molar-refractivity contribution in [2.24, 2.45) is 0 Å². The van der Waals surface area contributed by atoms with Crippen LogP contribution >= 0.6 is 0 Å². The summed E-state index contributed by atoms with van der Waals surface area (Å²) in [6.07, 6.45) is -5.49. The molecule has 39 heavy (non-hydrogen) atoms. The highest BCUT2D eigenvalue weighted by molar-refractivity contribution is 5.86. The molecule has 0 radical (unpaired) electrons. The molecule has 2 N–H and O–H groups in total. The van der Waals surface area contributed by atoms with E-state index < -0.39 is 17.4 Å². The largest absolute Gasteiger partial charge is 0.573 e. The Labute approximate surface area is 220 Å². The number of carbonyl (C=O) groups excluding carboxylic acids is 1. The van der Waals surface area contributed by atoms with E-state index in [1.54, 1.807) is 41.1 Å². The van der Waals surface area contributed by atoms with Crippen LogP contribution in [-0.4, -0.2) is 27.2 Å². The number of nitro benzene ring substituents is 1. The molecule has 3 aromatic carbocycles. The van der Waals surface area contributed by atoms with Crippen molar-refractivity contribution in [2.45, 2.75) is 26.4 Å². The van der Waals surface area contributed by atoms with E-state index in [0.29, 0.717) is 24.5 Å². The Balaban J connectivity index is 1.35. The van der Waals surface area contributed by atoms with Crippen LogP contribution in [0.1, 0.15) is 12.5 Å². The monoisotopic (exact) mass is 541 g/mol. The van der Waals surface area contributed by atoms with Crippen molar-refractivity contribution < 1.29 is 32.4 Å². The third kappa shape index (κ3) is 7.47. The third-order valence-electron chi connectivity index (χ3n) is 5.40. The number of ether oxygens (including phenoxy) is 2. The fourth-order valence-corrected chi connectivity index (χ4v) is 3.55. The van der Waals surface area contributed by atoms with Gasteiger partial charge < -0.3 is 14.8 Å². The predicted octanol–water partition coefficient (Wildman–Crippen LogP) is 6.60. The maximum absolute atomic E-state index is 12.3. The summed E-state index contributed by atoms with van der Waals surface area (Å²) in [6, 6.07) is 19.5. The maximum Gasteiger partial charge on any atom is 0.573 e. The number of nitrogens with one attached hydrogen (secondary N) is 2. The van der Waals surface area contributed by atoms with Crippen LogP contribution in [-0.2, 0) is 13.1 Å². The van der Waals surface area contributed by atoms with Crippen molar-refractivity contribution in [1.29, 1.82) is 0 Å². The van der Waals surface area contributed by atoms with Gasteiger partial charge in [0.2, 0.25) is 0 Å². The van der Waals surface area contributed by atoms with Crippen LogP contribution in [0.3, 0.4) is 0 Å². The second-order valence-corrected chi connectivity index (χ2v) is 8.12. The van der Waals surface area contributed by atoms with Crippen LogP contribution in [0.15, 0.2) is 78.9 Å². The molecule has 1 amide bonds. The van der Waals surface area contributed by atoms with Gasteiger partial charge in [0.05, 0.1) is 10.6 Å². The second-order valence-electron chi connectivity index (χ2n) is 8.12. The highest BCUT2D eigenvalue weighted by Crippen LogP contribution is 2.26. The molecule has 0 aliphatic heterocycles. The van der Waals surface area contributed by atoms with Crippen LogP contribution in [0, 0.1) is 10.1 Å².